The molecule has 2 heterocycles. The predicted molar refractivity (Wildman–Crippen MR) is 89.2 cm³/mol. The zero-order chi connectivity index (χ0) is 16.5. The number of hydrogen-bond donors (Lipinski definition) is 0. The minimum Gasteiger partial charge on any atom is -0.497 e. The fourth-order valence-electron chi connectivity index (χ4n) is 3.89. The Morgan fingerprint density at radius 3 is 3.04 bits per heavy atom. The summed E-state index contributed by atoms with van der Waals surface area (Å²) in [5, 5.41) is 4.13. The van der Waals surface area contributed by atoms with Gasteiger partial charge in [0.25, 0.3) is 5.91 Å². The molecule has 0 radical (unpaired) electrons. The van der Waals surface area contributed by atoms with Crippen molar-refractivity contribution in [1.29, 1.82) is 0 Å². The molecule has 1 aromatic carbocycles. The molecule has 0 spiro atoms. The highest BCUT2D eigenvalue weighted by molar-refractivity contribution is 5.93. The van der Waals surface area contributed by atoms with Crippen molar-refractivity contribution < 1.29 is 14.1 Å². The largest absolute Gasteiger partial charge is 0.497 e. The smallest absolute Gasteiger partial charge is 0.293 e. The van der Waals surface area contributed by atoms with Crippen molar-refractivity contribution in [3.8, 4) is 5.75 Å². The summed E-state index contributed by atoms with van der Waals surface area (Å²) in [5.74, 6) is 1.26. The molecule has 1 saturated heterocycles. The van der Waals surface area contributed by atoms with Crippen LogP contribution >= 0.6 is 0 Å². The van der Waals surface area contributed by atoms with Crippen LogP contribution in [0.1, 0.15) is 59.1 Å². The zero-order valence-corrected chi connectivity index (χ0v) is 14.0. The quantitative estimate of drug-likeness (QED) is 0.866. The Balaban J connectivity index is 1.62. The first-order chi connectivity index (χ1) is 11.8. The fourth-order valence-corrected chi connectivity index (χ4v) is 3.89. The van der Waals surface area contributed by atoms with Gasteiger partial charge in [0.1, 0.15) is 5.75 Å². The van der Waals surface area contributed by atoms with E-state index in [2.05, 4.69) is 11.2 Å². The molecular weight excluding hydrogens is 304 g/mol. The van der Waals surface area contributed by atoms with Gasteiger partial charge in [0, 0.05) is 12.1 Å². The van der Waals surface area contributed by atoms with E-state index in [0.717, 1.165) is 67.6 Å². The molecule has 0 unspecified atom stereocenters. The maximum Gasteiger partial charge on any atom is 0.293 e. The number of aryl methyl sites for hydroxylation is 1. The number of carbonyl (C=O) groups excluding carboxylic acids is 1. The van der Waals surface area contributed by atoms with E-state index in [9.17, 15) is 4.79 Å². The number of likely N-dealkylation sites (tertiary alicyclic amines) is 1. The lowest BCUT2D eigenvalue weighted by Crippen LogP contribution is -2.31. The van der Waals surface area contributed by atoms with E-state index in [1.807, 2.05) is 23.1 Å². The third-order valence-electron chi connectivity index (χ3n) is 5.15. The fraction of sp³-hybridized carbons (Fsp3) is 0.474. The van der Waals surface area contributed by atoms with E-state index in [1.54, 1.807) is 7.11 Å². The normalized spacial score (nSPS) is 20.0. The van der Waals surface area contributed by atoms with Gasteiger partial charge in [-0.25, -0.2) is 0 Å². The summed E-state index contributed by atoms with van der Waals surface area (Å²) in [6, 6.07) is 8.07. The lowest BCUT2D eigenvalue weighted by molar-refractivity contribution is 0.0691. The Labute approximate surface area is 141 Å². The third-order valence-corrected chi connectivity index (χ3v) is 5.15. The summed E-state index contributed by atoms with van der Waals surface area (Å²) in [6.45, 7) is 0.760. The Morgan fingerprint density at radius 1 is 1.29 bits per heavy atom. The van der Waals surface area contributed by atoms with Gasteiger partial charge in [-0.1, -0.05) is 17.3 Å². The van der Waals surface area contributed by atoms with Crippen LogP contribution in [0.5, 0.6) is 5.75 Å². The average molecular weight is 326 g/mol. The number of benzene rings is 1. The van der Waals surface area contributed by atoms with Crippen molar-refractivity contribution in [3.05, 3.63) is 46.8 Å². The number of methoxy groups -OCH3 is 1. The van der Waals surface area contributed by atoms with Gasteiger partial charge in [-0.3, -0.25) is 4.79 Å². The number of ether oxygens (including phenoxy) is 1. The summed E-state index contributed by atoms with van der Waals surface area (Å²) >= 11 is 0. The first kappa shape index (κ1) is 15.2. The Bertz CT molecular complexity index is 753. The van der Waals surface area contributed by atoms with Crippen molar-refractivity contribution >= 4 is 5.91 Å². The second kappa shape index (κ2) is 6.30. The highest BCUT2D eigenvalue weighted by Gasteiger charge is 2.35. The molecule has 24 heavy (non-hydrogen) atoms. The van der Waals surface area contributed by atoms with Gasteiger partial charge in [-0.2, -0.15) is 0 Å². The molecule has 0 bridgehead atoms. The van der Waals surface area contributed by atoms with Crippen LogP contribution in [0.2, 0.25) is 0 Å². The second-order valence-electron chi connectivity index (χ2n) is 6.58. The maximum absolute atomic E-state index is 13.1. The standard InChI is InChI=1S/C19H22N2O3/c1-23-14-7-4-6-13(12-14)17-10-5-11-21(17)19(22)18-15-8-2-3-9-16(15)20-24-18/h4,6-7,12,17H,2-3,5,8-11H2,1H3/t17-/m0/s1. The number of fused-ring (bicyclic) bond motifs is 1. The van der Waals surface area contributed by atoms with E-state index >= 15 is 0 Å². The SMILES string of the molecule is COc1cccc([C@@H]2CCCN2C(=O)c2onc3c2CCCC3)c1. The van der Waals surface area contributed by atoms with Crippen LogP contribution in [0.15, 0.2) is 28.8 Å². The van der Waals surface area contributed by atoms with Gasteiger partial charge in [0.15, 0.2) is 0 Å². The molecule has 1 aliphatic heterocycles. The first-order valence-corrected chi connectivity index (χ1v) is 8.70. The molecule has 4 rings (SSSR count). The minimum absolute atomic E-state index is 0.0176. The lowest BCUT2D eigenvalue weighted by Gasteiger charge is -2.25. The Hall–Kier alpha value is -2.30. The molecule has 2 aromatic rings. The van der Waals surface area contributed by atoms with Crippen LogP contribution in [0.4, 0.5) is 0 Å². The summed E-state index contributed by atoms with van der Waals surface area (Å²) in [7, 11) is 1.66. The van der Waals surface area contributed by atoms with Gasteiger partial charge < -0.3 is 14.2 Å². The van der Waals surface area contributed by atoms with Crippen LogP contribution in [-0.4, -0.2) is 29.6 Å². The second-order valence-corrected chi connectivity index (χ2v) is 6.58. The van der Waals surface area contributed by atoms with Crippen molar-refractivity contribution in [1.82, 2.24) is 10.1 Å². The third kappa shape index (κ3) is 2.58. The maximum atomic E-state index is 13.1. The summed E-state index contributed by atoms with van der Waals surface area (Å²) < 4.78 is 10.8. The highest BCUT2D eigenvalue weighted by atomic mass is 16.5. The van der Waals surface area contributed by atoms with E-state index in [-0.39, 0.29) is 11.9 Å². The number of carbonyl (C=O) groups is 1. The molecular formula is C19H22N2O3. The molecule has 2 aliphatic rings. The van der Waals surface area contributed by atoms with Crippen LogP contribution in [-0.2, 0) is 12.8 Å². The number of rotatable bonds is 3. The molecule has 1 atom stereocenters. The number of aromatic nitrogens is 1. The predicted octanol–water partition coefficient (Wildman–Crippen LogP) is 3.54. The van der Waals surface area contributed by atoms with Crippen molar-refractivity contribution in [2.45, 2.75) is 44.6 Å². The number of hydrogen-bond acceptors (Lipinski definition) is 4. The topological polar surface area (TPSA) is 55.6 Å². The monoisotopic (exact) mass is 326 g/mol. The van der Waals surface area contributed by atoms with E-state index < -0.39 is 0 Å². The summed E-state index contributed by atoms with van der Waals surface area (Å²) in [5.41, 5.74) is 3.12. The molecule has 126 valence electrons. The molecule has 1 aromatic heterocycles. The van der Waals surface area contributed by atoms with Gasteiger partial charge in [-0.15, -0.1) is 0 Å². The molecule has 5 nitrogen and oxygen atoms in total. The van der Waals surface area contributed by atoms with Crippen LogP contribution in [0.25, 0.3) is 0 Å². The Kier molecular flexibility index (Phi) is 4.00. The summed E-state index contributed by atoms with van der Waals surface area (Å²) in [6.07, 6.45) is 6.03. The molecule has 1 fully saturated rings. The zero-order valence-electron chi connectivity index (χ0n) is 14.0. The molecule has 0 N–H and O–H groups in total. The average Bonchev–Trinajstić information content (AvgIpc) is 3.28. The van der Waals surface area contributed by atoms with Crippen LogP contribution < -0.4 is 4.74 Å². The Morgan fingerprint density at radius 2 is 2.17 bits per heavy atom. The van der Waals surface area contributed by atoms with E-state index in [0.29, 0.717) is 5.76 Å². The lowest BCUT2D eigenvalue weighted by atomic mass is 9.95. The molecule has 1 aliphatic carbocycles. The summed E-state index contributed by atoms with van der Waals surface area (Å²) in [4.78, 5) is 15.0. The molecule has 0 saturated carbocycles. The van der Waals surface area contributed by atoms with Crippen molar-refractivity contribution in [2.75, 3.05) is 13.7 Å². The van der Waals surface area contributed by atoms with Crippen molar-refractivity contribution in [2.24, 2.45) is 0 Å². The van der Waals surface area contributed by atoms with E-state index in [1.165, 1.54) is 0 Å². The van der Waals surface area contributed by atoms with Gasteiger partial charge in [-0.05, 0) is 56.2 Å². The van der Waals surface area contributed by atoms with E-state index in [4.69, 9.17) is 9.26 Å². The first-order valence-electron chi connectivity index (χ1n) is 8.70. The highest BCUT2D eigenvalue weighted by Crippen LogP contribution is 2.35. The van der Waals surface area contributed by atoms with Crippen LogP contribution in [0.3, 0.4) is 0 Å². The molecule has 1 amide bonds. The van der Waals surface area contributed by atoms with Gasteiger partial charge >= 0.3 is 0 Å². The molecule has 5 heteroatoms. The minimum atomic E-state index is -0.0176. The van der Waals surface area contributed by atoms with Crippen LogP contribution in [0, 0.1) is 0 Å². The number of amides is 1. The number of nitrogens with zero attached hydrogens (tertiary/aromatic N) is 2. The van der Waals surface area contributed by atoms with Gasteiger partial charge in [0.05, 0.1) is 18.8 Å². The van der Waals surface area contributed by atoms with Gasteiger partial charge in [0.2, 0.25) is 5.76 Å². The van der Waals surface area contributed by atoms with Crippen molar-refractivity contribution in [3.63, 3.8) is 0 Å².